The first-order chi connectivity index (χ1) is 14.7. The van der Waals surface area contributed by atoms with E-state index < -0.39 is 8.32 Å². The fourth-order valence-electron chi connectivity index (χ4n) is 2.72. The van der Waals surface area contributed by atoms with E-state index in [0.29, 0.717) is 26.4 Å². The summed E-state index contributed by atoms with van der Waals surface area (Å²) in [7, 11) is -1.68. The molecule has 0 aromatic heterocycles. The third-order valence-corrected chi connectivity index (χ3v) is 10.2. The van der Waals surface area contributed by atoms with Crippen LogP contribution >= 0.6 is 0 Å². The Morgan fingerprint density at radius 2 is 1.55 bits per heavy atom. The Morgan fingerprint density at radius 3 is 2.19 bits per heavy atom. The van der Waals surface area contributed by atoms with E-state index in [-0.39, 0.29) is 11.1 Å². The van der Waals surface area contributed by atoms with Crippen molar-refractivity contribution in [3.8, 4) is 5.75 Å². The Hall–Kier alpha value is -1.92. The Morgan fingerprint density at radius 1 is 0.903 bits per heavy atom. The fraction of sp³-hybridized carbons (Fsp3) is 0.462. The molecular formula is C26H39NO3Si. The monoisotopic (exact) mass is 441 g/mol. The molecule has 2 aromatic carbocycles. The lowest BCUT2D eigenvalue weighted by atomic mass is 10.1. The minimum Gasteiger partial charge on any atom is -0.489 e. The molecule has 0 saturated heterocycles. The van der Waals surface area contributed by atoms with Crippen molar-refractivity contribution in [2.45, 2.75) is 58.0 Å². The van der Waals surface area contributed by atoms with Gasteiger partial charge in [-0.2, -0.15) is 0 Å². The van der Waals surface area contributed by atoms with Crippen LogP contribution in [0.4, 0.5) is 0 Å². The molecule has 0 heterocycles. The Labute approximate surface area is 189 Å². The van der Waals surface area contributed by atoms with Gasteiger partial charge in [0.15, 0.2) is 8.32 Å². The molecule has 0 amide bonds. The molecule has 0 unspecified atom stereocenters. The minimum absolute atomic E-state index is 0.0343. The molecule has 2 aromatic rings. The summed E-state index contributed by atoms with van der Waals surface area (Å²) in [5.74, 6) is 0.863. The molecule has 31 heavy (non-hydrogen) atoms. The first-order valence-corrected chi connectivity index (χ1v) is 14.0. The molecule has 1 atom stereocenters. The van der Waals surface area contributed by atoms with E-state index in [4.69, 9.17) is 19.6 Å². The van der Waals surface area contributed by atoms with E-state index in [0.717, 1.165) is 17.7 Å². The van der Waals surface area contributed by atoms with Crippen LogP contribution in [0, 0.1) is 0 Å². The first kappa shape index (κ1) is 25.3. The van der Waals surface area contributed by atoms with Crippen LogP contribution in [-0.4, -0.2) is 34.2 Å². The van der Waals surface area contributed by atoms with E-state index in [1.54, 1.807) is 0 Å². The van der Waals surface area contributed by atoms with Crippen LogP contribution in [0.15, 0.2) is 66.7 Å². The quantitative estimate of drug-likeness (QED) is 0.260. The molecule has 4 nitrogen and oxygen atoms in total. The van der Waals surface area contributed by atoms with Crippen molar-refractivity contribution < 1.29 is 13.9 Å². The summed E-state index contributed by atoms with van der Waals surface area (Å²) in [5, 5.41) is 0.232. The second kappa shape index (κ2) is 12.2. The van der Waals surface area contributed by atoms with Crippen molar-refractivity contribution in [2.75, 3.05) is 19.8 Å². The maximum atomic E-state index is 6.22. The van der Waals surface area contributed by atoms with Gasteiger partial charge in [0.05, 0.1) is 19.8 Å². The molecule has 0 fully saturated rings. The van der Waals surface area contributed by atoms with Gasteiger partial charge in [-0.3, -0.25) is 0 Å². The van der Waals surface area contributed by atoms with Crippen LogP contribution in [0.5, 0.6) is 5.75 Å². The molecular weight excluding hydrogens is 402 g/mol. The molecule has 5 heteroatoms. The normalized spacial score (nSPS) is 13.5. The summed E-state index contributed by atoms with van der Waals surface area (Å²) >= 11 is 0. The highest BCUT2D eigenvalue weighted by atomic mass is 28.4. The zero-order valence-electron chi connectivity index (χ0n) is 19.8. The standard InChI is InChI=1S/C26H39NO3Si/c1-26(2,3)31(4,5)30-18-10-9-17-28-21-24(27)19-22-13-15-25(16-14-22)29-20-23-11-7-6-8-12-23/h6-16,24H,17-21,27H2,1-5H3/b10-9-/t24-/m0/s1. The van der Waals surface area contributed by atoms with Gasteiger partial charge in [0, 0.05) is 6.04 Å². The lowest BCUT2D eigenvalue weighted by molar-refractivity contribution is 0.146. The van der Waals surface area contributed by atoms with E-state index in [2.05, 4.69) is 58.1 Å². The zero-order valence-corrected chi connectivity index (χ0v) is 20.8. The lowest BCUT2D eigenvalue weighted by Crippen LogP contribution is -2.40. The van der Waals surface area contributed by atoms with Crippen molar-refractivity contribution in [3.05, 3.63) is 77.9 Å². The van der Waals surface area contributed by atoms with Gasteiger partial charge in [0.1, 0.15) is 12.4 Å². The van der Waals surface area contributed by atoms with Crippen LogP contribution in [-0.2, 0) is 22.2 Å². The Balaban J connectivity index is 1.62. The van der Waals surface area contributed by atoms with Crippen molar-refractivity contribution in [1.29, 1.82) is 0 Å². The highest BCUT2D eigenvalue weighted by Gasteiger charge is 2.36. The predicted molar refractivity (Wildman–Crippen MR) is 132 cm³/mol. The summed E-state index contributed by atoms with van der Waals surface area (Å²) in [6.07, 6.45) is 4.83. The Kier molecular flexibility index (Phi) is 9.97. The molecule has 170 valence electrons. The van der Waals surface area contributed by atoms with Gasteiger partial charge in [0.25, 0.3) is 0 Å². The molecule has 0 saturated carbocycles. The topological polar surface area (TPSA) is 53.7 Å². The molecule has 0 aliphatic rings. The third-order valence-electron chi connectivity index (χ3n) is 5.73. The second-order valence-electron chi connectivity index (χ2n) is 9.46. The van der Waals surface area contributed by atoms with Crippen LogP contribution in [0.2, 0.25) is 18.1 Å². The van der Waals surface area contributed by atoms with Gasteiger partial charge < -0.3 is 19.6 Å². The van der Waals surface area contributed by atoms with Crippen LogP contribution in [0.3, 0.4) is 0 Å². The van der Waals surface area contributed by atoms with Crippen molar-refractivity contribution >= 4 is 8.32 Å². The maximum Gasteiger partial charge on any atom is 0.192 e. The number of benzene rings is 2. The number of rotatable bonds is 12. The smallest absolute Gasteiger partial charge is 0.192 e. The summed E-state index contributed by atoms with van der Waals surface area (Å²) in [6.45, 7) is 13.6. The molecule has 0 radical (unpaired) electrons. The summed E-state index contributed by atoms with van der Waals surface area (Å²) < 4.78 is 17.6. The number of hydrogen-bond acceptors (Lipinski definition) is 4. The number of hydrogen-bond donors (Lipinski definition) is 1. The maximum absolute atomic E-state index is 6.22. The minimum atomic E-state index is -1.68. The van der Waals surface area contributed by atoms with Gasteiger partial charge in [-0.25, -0.2) is 0 Å². The molecule has 0 bridgehead atoms. The average Bonchev–Trinajstić information content (AvgIpc) is 2.72. The highest BCUT2D eigenvalue weighted by molar-refractivity contribution is 6.74. The number of ether oxygens (including phenoxy) is 2. The van der Waals surface area contributed by atoms with E-state index in [9.17, 15) is 0 Å². The molecule has 2 rings (SSSR count). The summed E-state index contributed by atoms with van der Waals surface area (Å²) in [5.41, 5.74) is 8.57. The van der Waals surface area contributed by atoms with Gasteiger partial charge >= 0.3 is 0 Å². The van der Waals surface area contributed by atoms with Crippen LogP contribution < -0.4 is 10.5 Å². The van der Waals surface area contributed by atoms with Gasteiger partial charge in [-0.1, -0.05) is 75.4 Å². The van der Waals surface area contributed by atoms with Crippen LogP contribution in [0.1, 0.15) is 31.9 Å². The van der Waals surface area contributed by atoms with E-state index in [1.807, 2.05) is 42.5 Å². The van der Waals surface area contributed by atoms with Crippen LogP contribution in [0.25, 0.3) is 0 Å². The van der Waals surface area contributed by atoms with E-state index in [1.165, 1.54) is 5.56 Å². The second-order valence-corrected chi connectivity index (χ2v) is 14.3. The fourth-order valence-corrected chi connectivity index (χ4v) is 3.67. The van der Waals surface area contributed by atoms with E-state index >= 15 is 0 Å². The molecule has 0 aliphatic carbocycles. The SMILES string of the molecule is CC(C)(C)[Si](C)(C)OC/C=C\COC[C@@H](N)Cc1ccc(OCc2ccccc2)cc1. The van der Waals surface area contributed by atoms with Gasteiger partial charge in [-0.15, -0.1) is 0 Å². The van der Waals surface area contributed by atoms with Gasteiger partial charge in [0.2, 0.25) is 0 Å². The molecule has 0 spiro atoms. The lowest BCUT2D eigenvalue weighted by Gasteiger charge is -2.35. The number of nitrogens with two attached hydrogens (primary N) is 1. The molecule has 2 N–H and O–H groups in total. The summed E-state index contributed by atoms with van der Waals surface area (Å²) in [4.78, 5) is 0. The van der Waals surface area contributed by atoms with Gasteiger partial charge in [-0.05, 0) is 47.8 Å². The Bertz CT molecular complexity index is 783. The molecule has 0 aliphatic heterocycles. The van der Waals surface area contributed by atoms with Crippen molar-refractivity contribution in [1.82, 2.24) is 0 Å². The summed E-state index contributed by atoms with van der Waals surface area (Å²) in [6, 6.07) is 18.3. The zero-order chi connectivity index (χ0) is 22.7. The first-order valence-electron chi connectivity index (χ1n) is 11.1. The van der Waals surface area contributed by atoms with Crippen molar-refractivity contribution in [3.63, 3.8) is 0 Å². The largest absolute Gasteiger partial charge is 0.489 e. The average molecular weight is 442 g/mol. The highest BCUT2D eigenvalue weighted by Crippen LogP contribution is 2.36. The van der Waals surface area contributed by atoms with Crippen molar-refractivity contribution in [2.24, 2.45) is 5.73 Å². The third kappa shape index (κ3) is 9.40. The predicted octanol–water partition coefficient (Wildman–Crippen LogP) is 5.73.